The van der Waals surface area contributed by atoms with Crippen LogP contribution in [0.4, 0.5) is 0 Å². The van der Waals surface area contributed by atoms with Gasteiger partial charge in [0.25, 0.3) is 0 Å². The summed E-state index contributed by atoms with van der Waals surface area (Å²) in [7, 11) is 0. The van der Waals surface area contributed by atoms with Crippen molar-refractivity contribution in [2.75, 3.05) is 6.61 Å². The molecule has 0 N–H and O–H groups in total. The molecule has 0 aliphatic rings. The molecule has 0 aliphatic heterocycles. The number of hydrogen-bond donors (Lipinski definition) is 0. The normalized spacial score (nSPS) is 10.6. The molecule has 0 amide bonds. The minimum atomic E-state index is -0.351. The lowest BCUT2D eigenvalue weighted by Gasteiger charge is -2.14. The molecule has 0 saturated carbocycles. The third-order valence-electron chi connectivity index (χ3n) is 1.94. The van der Waals surface area contributed by atoms with E-state index in [9.17, 15) is 9.59 Å². The summed E-state index contributed by atoms with van der Waals surface area (Å²) >= 11 is 0. The summed E-state index contributed by atoms with van der Waals surface area (Å²) in [6.45, 7) is 15.1. The highest BCUT2D eigenvalue weighted by molar-refractivity contribution is 5.80. The second-order valence-electron chi connectivity index (χ2n) is 5.78. The smallest absolute Gasteiger partial charge is 0.311 e. The molecular weight excluding hydrogens is 216 g/mol. The molecule has 3 nitrogen and oxygen atoms in total. The van der Waals surface area contributed by atoms with Crippen molar-refractivity contribution >= 4 is 11.8 Å². The molecule has 0 aromatic rings. The Hall–Kier alpha value is -0.860. The van der Waals surface area contributed by atoms with Gasteiger partial charge >= 0.3 is 5.97 Å². The average Bonchev–Trinajstić information content (AvgIpc) is 2.02. The van der Waals surface area contributed by atoms with Crippen LogP contribution in [0, 0.1) is 10.8 Å². The Morgan fingerprint density at radius 3 is 1.29 bits per heavy atom. The molecule has 0 rings (SSSR count). The Morgan fingerprint density at radius 2 is 1.24 bits per heavy atom. The van der Waals surface area contributed by atoms with Gasteiger partial charge in [-0.05, 0) is 34.6 Å². The predicted octanol–water partition coefficient (Wildman–Crippen LogP) is 3.85. The van der Waals surface area contributed by atoms with Crippen LogP contribution in [0.15, 0.2) is 0 Å². The molecule has 0 unspecified atom stereocenters. The molecule has 104 valence electrons. The van der Waals surface area contributed by atoms with Crippen LogP contribution in [0.2, 0.25) is 0 Å². The number of ketones is 1. The summed E-state index contributed by atoms with van der Waals surface area (Å²) in [6.07, 6.45) is 0. The van der Waals surface area contributed by atoms with E-state index in [1.54, 1.807) is 6.92 Å². The van der Waals surface area contributed by atoms with Crippen LogP contribution in [0.1, 0.15) is 62.8 Å². The molecule has 0 saturated heterocycles. The van der Waals surface area contributed by atoms with Crippen LogP contribution in [-0.4, -0.2) is 18.4 Å². The highest BCUT2D eigenvalue weighted by Crippen LogP contribution is 2.14. The fourth-order valence-corrected chi connectivity index (χ4v) is 0.348. The number of Topliss-reactive ketones (excluding diaryl/α,β-unsaturated/α-hetero) is 1. The van der Waals surface area contributed by atoms with E-state index < -0.39 is 0 Å². The molecule has 0 aliphatic carbocycles. The third-order valence-corrected chi connectivity index (χ3v) is 1.94. The lowest BCUT2D eigenvalue weighted by Crippen LogP contribution is -2.22. The van der Waals surface area contributed by atoms with Crippen LogP contribution in [0.3, 0.4) is 0 Å². The minimum Gasteiger partial charge on any atom is -0.466 e. The van der Waals surface area contributed by atoms with Crippen molar-refractivity contribution in [1.82, 2.24) is 0 Å². The molecular formula is C14H30O3. The number of ether oxygens (including phenoxy) is 1. The number of rotatable bonds is 1. The standard InChI is InChI=1S/C7H14O2.C6H12O.CH4/c1-5-9-6(8)7(2,3)4;1-5(7)6(2,3)4;/h5H2,1-4H3;1-4H3;1H4. The monoisotopic (exact) mass is 246 g/mol. The zero-order valence-electron chi connectivity index (χ0n) is 11.9. The van der Waals surface area contributed by atoms with Crippen molar-refractivity contribution < 1.29 is 14.3 Å². The van der Waals surface area contributed by atoms with Crippen LogP contribution < -0.4 is 0 Å². The third kappa shape index (κ3) is 13.1. The average molecular weight is 246 g/mol. The number of carbonyl (C=O) groups excluding carboxylic acids is 2. The number of esters is 1. The quantitative estimate of drug-likeness (QED) is 0.660. The molecule has 0 atom stereocenters. The van der Waals surface area contributed by atoms with Gasteiger partial charge in [-0.3, -0.25) is 9.59 Å². The Bertz CT molecular complexity index is 229. The second-order valence-corrected chi connectivity index (χ2v) is 5.78. The molecule has 0 heterocycles. The van der Waals surface area contributed by atoms with Gasteiger partial charge in [-0.1, -0.05) is 28.2 Å². The lowest BCUT2D eigenvalue weighted by molar-refractivity contribution is -0.152. The van der Waals surface area contributed by atoms with Crippen LogP contribution >= 0.6 is 0 Å². The molecule has 0 bridgehead atoms. The summed E-state index contributed by atoms with van der Waals surface area (Å²) in [4.78, 5) is 21.3. The van der Waals surface area contributed by atoms with E-state index in [2.05, 4.69) is 0 Å². The van der Waals surface area contributed by atoms with Crippen molar-refractivity contribution in [1.29, 1.82) is 0 Å². The highest BCUT2D eigenvalue weighted by atomic mass is 16.5. The molecule has 3 heteroatoms. The zero-order valence-corrected chi connectivity index (χ0v) is 11.9. The van der Waals surface area contributed by atoms with Crippen molar-refractivity contribution in [2.24, 2.45) is 10.8 Å². The summed E-state index contributed by atoms with van der Waals surface area (Å²) in [5.74, 6) is 0.109. The van der Waals surface area contributed by atoms with E-state index in [0.29, 0.717) is 6.61 Å². The van der Waals surface area contributed by atoms with E-state index >= 15 is 0 Å². The zero-order chi connectivity index (χ0) is 13.6. The number of carbonyl (C=O) groups is 2. The van der Waals surface area contributed by atoms with Gasteiger partial charge < -0.3 is 4.74 Å². The van der Waals surface area contributed by atoms with Crippen molar-refractivity contribution in [2.45, 2.75) is 62.8 Å². The van der Waals surface area contributed by atoms with E-state index in [1.807, 2.05) is 48.5 Å². The maximum atomic E-state index is 10.8. The van der Waals surface area contributed by atoms with Gasteiger partial charge in [0.05, 0.1) is 12.0 Å². The maximum absolute atomic E-state index is 10.8. The molecule has 0 aromatic heterocycles. The van der Waals surface area contributed by atoms with E-state index in [4.69, 9.17) is 4.74 Å². The fraction of sp³-hybridized carbons (Fsp3) is 0.857. The molecule has 17 heavy (non-hydrogen) atoms. The van der Waals surface area contributed by atoms with Gasteiger partial charge in [-0.15, -0.1) is 0 Å². The molecule has 0 aromatic carbocycles. The Balaban J connectivity index is -0.000000224. The summed E-state index contributed by atoms with van der Waals surface area (Å²) in [6, 6.07) is 0. The highest BCUT2D eigenvalue weighted by Gasteiger charge is 2.21. The summed E-state index contributed by atoms with van der Waals surface area (Å²) in [5.41, 5.74) is -0.490. The van der Waals surface area contributed by atoms with Gasteiger partial charge in [-0.2, -0.15) is 0 Å². The van der Waals surface area contributed by atoms with Crippen LogP contribution in [0.25, 0.3) is 0 Å². The first-order valence-electron chi connectivity index (χ1n) is 5.61. The SMILES string of the molecule is C.CC(=O)C(C)(C)C.CCOC(=O)C(C)(C)C. The Kier molecular flexibility index (Phi) is 10.4. The first-order valence-corrected chi connectivity index (χ1v) is 5.61. The largest absolute Gasteiger partial charge is 0.466 e. The first kappa shape index (κ1) is 21.4. The Labute approximate surface area is 107 Å². The van der Waals surface area contributed by atoms with Crippen molar-refractivity contribution in [3.05, 3.63) is 0 Å². The van der Waals surface area contributed by atoms with Gasteiger partial charge in [-0.25, -0.2) is 0 Å². The van der Waals surface area contributed by atoms with Gasteiger partial charge in [0, 0.05) is 5.41 Å². The first-order chi connectivity index (χ1) is 6.92. The van der Waals surface area contributed by atoms with E-state index in [-0.39, 0.29) is 30.0 Å². The summed E-state index contributed by atoms with van der Waals surface area (Å²) in [5, 5.41) is 0. The van der Waals surface area contributed by atoms with Gasteiger partial charge in [0.1, 0.15) is 5.78 Å². The van der Waals surface area contributed by atoms with E-state index in [1.165, 1.54) is 0 Å². The molecule has 0 fully saturated rings. The topological polar surface area (TPSA) is 43.4 Å². The van der Waals surface area contributed by atoms with Crippen molar-refractivity contribution in [3.63, 3.8) is 0 Å². The Morgan fingerprint density at radius 1 is 0.941 bits per heavy atom. The second kappa shape index (κ2) is 8.26. The predicted molar refractivity (Wildman–Crippen MR) is 73.0 cm³/mol. The van der Waals surface area contributed by atoms with Crippen molar-refractivity contribution in [3.8, 4) is 0 Å². The minimum absolute atomic E-state index is 0. The van der Waals surface area contributed by atoms with Crippen LogP contribution in [0.5, 0.6) is 0 Å². The van der Waals surface area contributed by atoms with E-state index in [0.717, 1.165) is 0 Å². The molecule has 0 spiro atoms. The fourth-order valence-electron chi connectivity index (χ4n) is 0.348. The lowest BCUT2D eigenvalue weighted by atomic mass is 9.92. The van der Waals surface area contributed by atoms with Gasteiger partial charge in [0.15, 0.2) is 0 Å². The van der Waals surface area contributed by atoms with Gasteiger partial charge in [0.2, 0.25) is 0 Å². The number of hydrogen-bond acceptors (Lipinski definition) is 3. The summed E-state index contributed by atoms with van der Waals surface area (Å²) < 4.78 is 4.77. The van der Waals surface area contributed by atoms with Crippen LogP contribution in [-0.2, 0) is 14.3 Å². The maximum Gasteiger partial charge on any atom is 0.311 e. The molecule has 0 radical (unpaired) electrons.